The molecule has 274 valence electrons. The maximum Gasteiger partial charge on any atom is 0.315 e. The van der Waals surface area contributed by atoms with Crippen molar-refractivity contribution in [3.8, 4) is 6.07 Å². The first-order valence-electron chi connectivity index (χ1n) is 17.1. The zero-order chi connectivity index (χ0) is 36.3. The Morgan fingerprint density at radius 2 is 1.67 bits per heavy atom. The van der Waals surface area contributed by atoms with Crippen LogP contribution >= 0.6 is 11.8 Å². The van der Waals surface area contributed by atoms with Gasteiger partial charge in [0.05, 0.1) is 82.3 Å². The van der Waals surface area contributed by atoms with Gasteiger partial charge in [0.2, 0.25) is 11.8 Å². The predicted molar refractivity (Wildman–Crippen MR) is 194 cm³/mol. The number of rotatable bonds is 23. The summed E-state index contributed by atoms with van der Waals surface area (Å²) in [5.41, 5.74) is 10.9. The SMILES string of the molecule is C/C(=C\C(=O)NCCOCCOCCOCCOCCNC(=O)CCCC[C@@H]1SC[C@@H]2NC(=O)N[C@@H]21)c1ccc2cc(N=[N+]=[N-])c(C#N)cc2c1. The smallest absolute Gasteiger partial charge is 0.315 e. The lowest BCUT2D eigenvalue weighted by Gasteiger charge is -2.16. The Labute approximate surface area is 301 Å². The standard InChI is InChI=1S/C35H46N8O7S/c1-24(25-6-7-26-21-29(42-43-37)28(22-36)20-27(26)19-25)18-33(45)39-9-11-48-13-15-50-17-16-49-14-12-47-10-8-38-32(44)5-3-2-4-31-34-30(23-51-31)40-35(46)41-34/h6-7,18-21,30-31,34H,2-5,8-17,23H2,1H3,(H,38,44)(H,39,45)(H2,40,41,46)/b24-18+/t30-,31-,34-/m0/s1. The molecular weight excluding hydrogens is 677 g/mol. The topological polar surface area (TPSA) is 209 Å². The second kappa shape index (κ2) is 21.8. The van der Waals surface area contributed by atoms with Crippen LogP contribution in [0, 0.1) is 11.3 Å². The molecule has 2 fully saturated rings. The van der Waals surface area contributed by atoms with Crippen LogP contribution in [0.5, 0.6) is 0 Å². The molecule has 0 saturated carbocycles. The van der Waals surface area contributed by atoms with E-state index in [-0.39, 0.29) is 41.2 Å². The van der Waals surface area contributed by atoms with Crippen LogP contribution in [0.1, 0.15) is 43.7 Å². The monoisotopic (exact) mass is 722 g/mol. The van der Waals surface area contributed by atoms with Crippen molar-refractivity contribution in [3.63, 3.8) is 0 Å². The van der Waals surface area contributed by atoms with Gasteiger partial charge in [-0.15, -0.1) is 0 Å². The fourth-order valence-electron chi connectivity index (χ4n) is 5.72. The molecule has 0 radical (unpaired) electrons. The van der Waals surface area contributed by atoms with Crippen molar-refractivity contribution in [3.05, 3.63) is 58.0 Å². The van der Waals surface area contributed by atoms with E-state index >= 15 is 0 Å². The predicted octanol–water partition coefficient (Wildman–Crippen LogP) is 4.08. The highest BCUT2D eigenvalue weighted by molar-refractivity contribution is 8.00. The Bertz CT molecular complexity index is 1610. The lowest BCUT2D eigenvalue weighted by Crippen LogP contribution is -2.36. The molecule has 15 nitrogen and oxygen atoms in total. The Morgan fingerprint density at radius 3 is 2.35 bits per heavy atom. The number of nitrogens with one attached hydrogen (secondary N) is 4. The van der Waals surface area contributed by atoms with E-state index in [9.17, 15) is 19.6 Å². The lowest BCUT2D eigenvalue weighted by atomic mass is 9.99. The molecule has 2 aromatic rings. The van der Waals surface area contributed by atoms with Gasteiger partial charge >= 0.3 is 6.03 Å². The number of thioether (sulfide) groups is 1. The number of azide groups is 1. The number of urea groups is 1. The average molecular weight is 723 g/mol. The van der Waals surface area contributed by atoms with Gasteiger partial charge < -0.3 is 40.2 Å². The second-order valence-electron chi connectivity index (χ2n) is 12.0. The Balaban J connectivity index is 0.916. The van der Waals surface area contributed by atoms with E-state index in [1.807, 2.05) is 43.0 Å². The van der Waals surface area contributed by atoms with Crippen molar-refractivity contribution in [1.29, 1.82) is 5.26 Å². The summed E-state index contributed by atoms with van der Waals surface area (Å²) in [6.45, 7) is 5.92. The molecule has 16 heteroatoms. The first-order valence-corrected chi connectivity index (χ1v) is 18.2. The van der Waals surface area contributed by atoms with E-state index < -0.39 is 0 Å². The highest BCUT2D eigenvalue weighted by Gasteiger charge is 2.42. The van der Waals surface area contributed by atoms with Crippen LogP contribution in [0.25, 0.3) is 26.8 Å². The number of hydrogen-bond acceptors (Lipinski definition) is 10. The number of nitriles is 1. The minimum absolute atomic E-state index is 0.0255. The van der Waals surface area contributed by atoms with Gasteiger partial charge in [0.15, 0.2) is 0 Å². The molecule has 3 atom stereocenters. The third kappa shape index (κ3) is 13.4. The maximum atomic E-state index is 12.4. The maximum absolute atomic E-state index is 12.4. The molecule has 51 heavy (non-hydrogen) atoms. The normalized spacial score (nSPS) is 18.0. The summed E-state index contributed by atoms with van der Waals surface area (Å²) < 4.78 is 22.0. The lowest BCUT2D eigenvalue weighted by molar-refractivity contribution is -0.121. The van der Waals surface area contributed by atoms with E-state index in [1.165, 1.54) is 6.08 Å². The molecular formula is C35H46N8O7S. The number of ether oxygens (including phenoxy) is 4. The van der Waals surface area contributed by atoms with Crippen LogP contribution in [0.4, 0.5) is 10.5 Å². The van der Waals surface area contributed by atoms with E-state index in [1.54, 1.807) is 12.1 Å². The highest BCUT2D eigenvalue weighted by Crippen LogP contribution is 2.33. The van der Waals surface area contributed by atoms with E-state index in [0.29, 0.717) is 77.6 Å². The van der Waals surface area contributed by atoms with Crippen LogP contribution in [-0.4, -0.2) is 107 Å². The number of unbranched alkanes of at least 4 members (excludes halogenated alkanes) is 1. The van der Waals surface area contributed by atoms with Crippen molar-refractivity contribution < 1.29 is 33.3 Å². The summed E-state index contributed by atoms with van der Waals surface area (Å²) in [6.07, 6.45) is 4.79. The van der Waals surface area contributed by atoms with Gasteiger partial charge in [-0.3, -0.25) is 9.59 Å². The first kappa shape index (κ1) is 39.4. The molecule has 2 aromatic carbocycles. The summed E-state index contributed by atoms with van der Waals surface area (Å²) in [6, 6.07) is 11.4. The number of benzene rings is 2. The molecule has 0 aliphatic carbocycles. The van der Waals surface area contributed by atoms with Crippen LogP contribution in [0.15, 0.2) is 41.5 Å². The van der Waals surface area contributed by atoms with Crippen molar-refractivity contribution >= 4 is 51.6 Å². The van der Waals surface area contributed by atoms with Gasteiger partial charge in [-0.2, -0.15) is 17.0 Å². The number of hydrogen-bond donors (Lipinski definition) is 4. The minimum Gasteiger partial charge on any atom is -0.377 e. The van der Waals surface area contributed by atoms with Gasteiger partial charge in [-0.05, 0) is 65.4 Å². The second-order valence-corrected chi connectivity index (χ2v) is 13.3. The quantitative estimate of drug-likeness (QED) is 0.0325. The Kier molecular flexibility index (Phi) is 16.8. The molecule has 2 saturated heterocycles. The number of carbonyl (C=O) groups is 3. The Morgan fingerprint density at radius 1 is 0.980 bits per heavy atom. The van der Waals surface area contributed by atoms with E-state index in [0.717, 1.165) is 46.9 Å². The largest absolute Gasteiger partial charge is 0.377 e. The van der Waals surface area contributed by atoms with Crippen molar-refractivity contribution in [2.45, 2.75) is 49.9 Å². The van der Waals surface area contributed by atoms with Crippen LogP contribution in [0.3, 0.4) is 0 Å². The number of carbonyl (C=O) groups excluding carboxylic acids is 3. The molecule has 0 bridgehead atoms. The van der Waals surface area contributed by atoms with Crippen LogP contribution in [0.2, 0.25) is 0 Å². The average Bonchev–Trinajstić information content (AvgIpc) is 3.68. The fraction of sp³-hybridized carbons (Fsp3) is 0.543. The number of allylic oxidation sites excluding steroid dienone is 1. The summed E-state index contributed by atoms with van der Waals surface area (Å²) in [5.74, 6) is 0.733. The number of nitrogens with zero attached hydrogens (tertiary/aromatic N) is 4. The summed E-state index contributed by atoms with van der Waals surface area (Å²) >= 11 is 1.89. The zero-order valence-corrected chi connectivity index (χ0v) is 29.7. The van der Waals surface area contributed by atoms with Gasteiger partial charge in [-0.25, -0.2) is 4.79 Å². The van der Waals surface area contributed by atoms with Crippen molar-refractivity contribution in [2.24, 2.45) is 5.11 Å². The Hall–Kier alpha value is -4.36. The molecule has 0 spiro atoms. The molecule has 0 unspecified atom stereocenters. The highest BCUT2D eigenvalue weighted by atomic mass is 32.2. The van der Waals surface area contributed by atoms with Crippen LogP contribution < -0.4 is 21.3 Å². The fourth-order valence-corrected chi connectivity index (χ4v) is 7.26. The molecule has 2 aliphatic heterocycles. The number of fused-ring (bicyclic) bond motifs is 2. The molecule has 2 heterocycles. The van der Waals surface area contributed by atoms with Crippen LogP contribution in [-0.2, 0) is 28.5 Å². The van der Waals surface area contributed by atoms with E-state index in [2.05, 4.69) is 31.3 Å². The van der Waals surface area contributed by atoms with Crippen molar-refractivity contribution in [1.82, 2.24) is 21.3 Å². The number of amides is 4. The first-order chi connectivity index (χ1) is 24.9. The van der Waals surface area contributed by atoms with Gasteiger partial charge in [0.1, 0.15) is 0 Å². The molecule has 2 aliphatic rings. The summed E-state index contributed by atoms with van der Waals surface area (Å²) in [7, 11) is 0. The third-order valence-electron chi connectivity index (χ3n) is 8.34. The van der Waals surface area contributed by atoms with Gasteiger partial charge in [0, 0.05) is 41.5 Å². The van der Waals surface area contributed by atoms with Gasteiger partial charge in [-0.1, -0.05) is 23.7 Å². The van der Waals surface area contributed by atoms with Gasteiger partial charge in [0.25, 0.3) is 0 Å². The molecule has 0 aromatic heterocycles. The minimum atomic E-state index is -0.242. The van der Waals surface area contributed by atoms with Crippen molar-refractivity contribution in [2.75, 3.05) is 71.7 Å². The summed E-state index contributed by atoms with van der Waals surface area (Å²) in [4.78, 5) is 38.7. The summed E-state index contributed by atoms with van der Waals surface area (Å²) in [5, 5.41) is 26.6. The molecule has 4 rings (SSSR count). The molecule has 4 amide bonds. The van der Waals surface area contributed by atoms with E-state index in [4.69, 9.17) is 24.5 Å². The zero-order valence-electron chi connectivity index (χ0n) is 28.9. The third-order valence-corrected chi connectivity index (χ3v) is 9.85. The molecule has 4 N–H and O–H groups in total.